The summed E-state index contributed by atoms with van der Waals surface area (Å²) in [6.07, 6.45) is 0. The smallest absolute Gasteiger partial charge is 0.545 e. The van der Waals surface area contributed by atoms with E-state index < -0.39 is 23.9 Å². The number of rotatable bonds is 4. The van der Waals surface area contributed by atoms with Gasteiger partial charge in [-0.1, -0.05) is 121 Å². The van der Waals surface area contributed by atoms with Gasteiger partial charge in [0.25, 0.3) is 0 Å². The van der Waals surface area contributed by atoms with E-state index in [-0.39, 0.29) is 298 Å². The SMILES string of the molecule is O=C([O-])c1ccccc1.O=C([O-])c1ccccc1.O=C([O-])c1ccccc1.O=C([O-])c1ccccc1.[Cs+].[Cs+].[Cs+].[Cs+]. The molecule has 0 spiro atoms. The molecule has 0 aliphatic heterocycles. The number of hydrogen-bond donors (Lipinski definition) is 0. The second-order valence-corrected chi connectivity index (χ2v) is 6.61. The van der Waals surface area contributed by atoms with Crippen LogP contribution in [0.1, 0.15) is 41.4 Å². The first kappa shape index (κ1) is 49.8. The first-order chi connectivity index (χ1) is 17.2. The summed E-state index contributed by atoms with van der Waals surface area (Å²) >= 11 is 0. The molecule has 0 saturated heterocycles. The van der Waals surface area contributed by atoms with Gasteiger partial charge in [-0.3, -0.25) is 0 Å². The summed E-state index contributed by atoms with van der Waals surface area (Å²) in [5.41, 5.74) is 0.880. The molecule has 0 unspecified atom stereocenters. The molecule has 0 saturated carbocycles. The van der Waals surface area contributed by atoms with Crippen molar-refractivity contribution >= 4 is 23.9 Å². The van der Waals surface area contributed by atoms with Gasteiger partial charge in [0.05, 0.1) is 23.9 Å². The van der Waals surface area contributed by atoms with Crippen molar-refractivity contribution in [2.45, 2.75) is 0 Å². The van der Waals surface area contributed by atoms with Crippen molar-refractivity contribution < 1.29 is 315 Å². The minimum atomic E-state index is -1.13. The van der Waals surface area contributed by atoms with Gasteiger partial charge in [0.2, 0.25) is 0 Å². The quantitative estimate of drug-likeness (QED) is 0.195. The molecule has 0 bridgehead atoms. The summed E-state index contributed by atoms with van der Waals surface area (Å²) in [4.78, 5) is 40.4. The predicted octanol–water partition coefficient (Wildman–Crippen LogP) is -11.8. The fourth-order valence-corrected chi connectivity index (χ4v) is 2.30. The van der Waals surface area contributed by atoms with Crippen LogP contribution in [0.5, 0.6) is 0 Å². The molecule has 0 aliphatic carbocycles. The Morgan fingerprint density at radius 1 is 0.300 bits per heavy atom. The molecule has 0 radical (unpaired) electrons. The van der Waals surface area contributed by atoms with E-state index in [2.05, 4.69) is 0 Å². The van der Waals surface area contributed by atoms with Crippen molar-refractivity contribution in [2.24, 2.45) is 0 Å². The third-order valence-electron chi connectivity index (χ3n) is 4.04. The minimum absolute atomic E-state index is 0. The Kier molecular flexibility index (Phi) is 39.8. The van der Waals surface area contributed by atoms with Crippen LogP contribution in [-0.4, -0.2) is 23.9 Å². The number of benzene rings is 4. The van der Waals surface area contributed by atoms with Crippen LogP contribution in [0.15, 0.2) is 121 Å². The summed E-state index contributed by atoms with van der Waals surface area (Å²) in [6, 6.07) is 32.3. The maximum atomic E-state index is 10.1. The summed E-state index contributed by atoms with van der Waals surface area (Å²) in [5, 5.41) is 40.4. The van der Waals surface area contributed by atoms with Crippen molar-refractivity contribution in [2.75, 3.05) is 0 Å². The fourth-order valence-electron chi connectivity index (χ4n) is 2.30. The van der Waals surface area contributed by atoms with Crippen LogP contribution in [0.2, 0.25) is 0 Å². The van der Waals surface area contributed by atoms with E-state index in [0.29, 0.717) is 0 Å². The maximum absolute atomic E-state index is 10.1. The van der Waals surface area contributed by atoms with Crippen LogP contribution in [-0.2, 0) is 0 Å². The zero-order valence-corrected chi connectivity index (χ0v) is 47.9. The van der Waals surface area contributed by atoms with E-state index in [9.17, 15) is 39.6 Å². The summed E-state index contributed by atoms with van der Waals surface area (Å²) in [7, 11) is 0. The van der Waals surface area contributed by atoms with Gasteiger partial charge >= 0.3 is 276 Å². The first-order valence-corrected chi connectivity index (χ1v) is 10.3. The Balaban J connectivity index is -0.000000209. The Labute approximate surface area is 468 Å². The van der Waals surface area contributed by atoms with E-state index in [1.807, 2.05) is 0 Å². The zero-order valence-electron chi connectivity index (χ0n) is 22.8. The van der Waals surface area contributed by atoms with Crippen LogP contribution in [0.4, 0.5) is 0 Å². The molecular weight excluding hydrogens is 996 g/mol. The van der Waals surface area contributed by atoms with Crippen LogP contribution in [0.3, 0.4) is 0 Å². The molecule has 40 heavy (non-hydrogen) atoms. The van der Waals surface area contributed by atoms with E-state index in [1.54, 1.807) is 72.8 Å². The molecule has 0 N–H and O–H groups in total. The average molecular weight is 1020 g/mol. The van der Waals surface area contributed by atoms with Gasteiger partial charge in [-0.05, 0) is 22.3 Å². The Morgan fingerprint density at radius 3 is 0.500 bits per heavy atom. The molecule has 0 fully saturated rings. The van der Waals surface area contributed by atoms with Crippen LogP contribution in [0, 0.1) is 0 Å². The Bertz CT molecular complexity index is 1030. The fraction of sp³-hybridized carbons (Fsp3) is 0. The van der Waals surface area contributed by atoms with Gasteiger partial charge in [-0.25, -0.2) is 0 Å². The van der Waals surface area contributed by atoms with Gasteiger partial charge in [-0.2, -0.15) is 0 Å². The standard InChI is InChI=1S/4C7H6O2.4Cs/c4*8-7(9)6-4-2-1-3-5-6;;;;/h4*1-5H,(H,8,9);;;;/q;;;;4*+1/p-4. The molecule has 12 heteroatoms. The van der Waals surface area contributed by atoms with Gasteiger partial charge in [0.1, 0.15) is 0 Å². The largest absolute Gasteiger partial charge is 1.00 e. The monoisotopic (exact) mass is 1020 g/mol. The molecule has 4 aromatic rings. The Hall–Kier alpha value is 2.97. The molecule has 0 aromatic heterocycles. The van der Waals surface area contributed by atoms with Gasteiger partial charge in [0.15, 0.2) is 0 Å². The average Bonchev–Trinajstić information content (AvgIpc) is 2.92. The van der Waals surface area contributed by atoms with E-state index in [4.69, 9.17) is 0 Å². The van der Waals surface area contributed by atoms with Gasteiger partial charge in [-0.15, -0.1) is 0 Å². The van der Waals surface area contributed by atoms with Crippen LogP contribution in [0.25, 0.3) is 0 Å². The number of carboxylic acids is 4. The summed E-state index contributed by atoms with van der Waals surface area (Å²) in [5.74, 6) is -4.52. The van der Waals surface area contributed by atoms with E-state index in [1.165, 1.54) is 48.5 Å². The van der Waals surface area contributed by atoms with Crippen molar-refractivity contribution in [1.29, 1.82) is 0 Å². The minimum Gasteiger partial charge on any atom is -0.545 e. The molecule has 4 rings (SSSR count). The second kappa shape index (κ2) is 31.9. The Morgan fingerprint density at radius 2 is 0.425 bits per heavy atom. The van der Waals surface area contributed by atoms with Crippen molar-refractivity contribution in [3.63, 3.8) is 0 Å². The number of hydrogen-bond acceptors (Lipinski definition) is 8. The van der Waals surface area contributed by atoms with Crippen LogP contribution < -0.4 is 296 Å². The second-order valence-electron chi connectivity index (χ2n) is 6.61. The maximum Gasteiger partial charge on any atom is 1.00 e. The zero-order chi connectivity index (χ0) is 26.8. The molecule has 0 heterocycles. The molecule has 8 nitrogen and oxygen atoms in total. The molecular formula is C28H20Cs4O8. The molecule has 4 aromatic carbocycles. The number of carbonyl (C=O) groups is 4. The topological polar surface area (TPSA) is 161 Å². The number of carboxylic acid groups (broad SMARTS) is 4. The summed E-state index contributed by atoms with van der Waals surface area (Å²) in [6.45, 7) is 0. The molecule has 0 atom stereocenters. The van der Waals surface area contributed by atoms with Crippen LogP contribution >= 0.6 is 0 Å². The summed E-state index contributed by atoms with van der Waals surface area (Å²) < 4.78 is 0. The number of aromatic carboxylic acids is 4. The molecule has 0 amide bonds. The molecule has 0 aliphatic rings. The van der Waals surface area contributed by atoms with Crippen molar-refractivity contribution in [3.8, 4) is 0 Å². The van der Waals surface area contributed by atoms with E-state index in [0.717, 1.165) is 0 Å². The third kappa shape index (κ3) is 25.2. The van der Waals surface area contributed by atoms with Crippen molar-refractivity contribution in [3.05, 3.63) is 144 Å². The van der Waals surface area contributed by atoms with Gasteiger partial charge in [0, 0.05) is 0 Å². The third-order valence-corrected chi connectivity index (χ3v) is 4.04. The first-order valence-electron chi connectivity index (χ1n) is 10.3. The number of carbonyl (C=O) groups excluding carboxylic acids is 4. The van der Waals surface area contributed by atoms with Crippen molar-refractivity contribution in [1.82, 2.24) is 0 Å². The molecule has 184 valence electrons. The predicted molar refractivity (Wildman–Crippen MR) is 123 cm³/mol. The normalized spacial score (nSPS) is 8.00. The van der Waals surface area contributed by atoms with Gasteiger partial charge < -0.3 is 39.6 Å². The van der Waals surface area contributed by atoms with E-state index >= 15 is 0 Å².